The molecule has 3 aliphatic heterocycles. The van der Waals surface area contributed by atoms with Crippen molar-refractivity contribution >= 4 is 34.5 Å². The Labute approximate surface area is 172 Å². The van der Waals surface area contributed by atoms with Crippen LogP contribution >= 0.6 is 0 Å². The summed E-state index contributed by atoms with van der Waals surface area (Å²) in [6.07, 6.45) is 1.24. The number of piperazine rings is 1. The average molecular weight is 405 g/mol. The molecule has 2 bridgehead atoms. The molecule has 4 heterocycles. The van der Waals surface area contributed by atoms with Crippen LogP contribution in [0.4, 0.5) is 15.3 Å². The summed E-state index contributed by atoms with van der Waals surface area (Å²) in [6.45, 7) is 3.90. The van der Waals surface area contributed by atoms with E-state index in [1.807, 2.05) is 6.07 Å². The molecule has 5 rings (SSSR count). The van der Waals surface area contributed by atoms with Gasteiger partial charge in [0, 0.05) is 17.3 Å². The zero-order valence-electron chi connectivity index (χ0n) is 16.5. The van der Waals surface area contributed by atoms with Crippen molar-refractivity contribution in [3.63, 3.8) is 0 Å². The first-order chi connectivity index (χ1) is 14.4. The topological polar surface area (TPSA) is 107 Å². The predicted octanol–water partition coefficient (Wildman–Crippen LogP) is 2.25. The molecule has 0 N–H and O–H groups in total. The fourth-order valence-electron chi connectivity index (χ4n) is 4.80. The number of carbonyl (C=O) groups excluding carboxylic acids is 3. The van der Waals surface area contributed by atoms with Crippen LogP contribution in [-0.2, 0) is 9.53 Å². The van der Waals surface area contributed by atoms with Crippen LogP contribution in [-0.4, -0.2) is 63.6 Å². The number of imide groups is 1. The third kappa shape index (κ3) is 2.40. The number of aromatic nitrogens is 1. The van der Waals surface area contributed by atoms with Crippen LogP contribution < -0.4 is 4.90 Å². The lowest BCUT2D eigenvalue weighted by molar-refractivity contribution is -0.121. The number of carbonyl (C=O) groups is 3. The summed E-state index contributed by atoms with van der Waals surface area (Å²) in [6, 6.07) is 7.33. The highest BCUT2D eigenvalue weighted by molar-refractivity contribution is 6.25. The maximum Gasteiger partial charge on any atom is 0.410 e. The van der Waals surface area contributed by atoms with Crippen molar-refractivity contribution in [1.82, 2.24) is 14.8 Å². The van der Waals surface area contributed by atoms with Gasteiger partial charge < -0.3 is 14.5 Å². The maximum absolute atomic E-state index is 13.4. The second-order valence-corrected chi connectivity index (χ2v) is 8.00. The van der Waals surface area contributed by atoms with Gasteiger partial charge in [-0.25, -0.2) is 19.5 Å². The summed E-state index contributed by atoms with van der Waals surface area (Å²) in [4.78, 5) is 47.5. The quantitative estimate of drug-likeness (QED) is 0.710. The number of pyridine rings is 1. The fourth-order valence-corrected chi connectivity index (χ4v) is 4.80. The van der Waals surface area contributed by atoms with Gasteiger partial charge in [0.1, 0.15) is 17.8 Å². The van der Waals surface area contributed by atoms with Gasteiger partial charge in [-0.15, -0.1) is 0 Å². The second-order valence-electron chi connectivity index (χ2n) is 8.00. The predicted molar refractivity (Wildman–Crippen MR) is 105 cm³/mol. The Bertz CT molecular complexity index is 1140. The number of likely N-dealkylation sites (tertiary alicyclic amines) is 1. The first-order valence-corrected chi connectivity index (χ1v) is 9.83. The molecule has 9 nitrogen and oxygen atoms in total. The van der Waals surface area contributed by atoms with Gasteiger partial charge in [-0.05, 0) is 20.3 Å². The molecular weight excluding hydrogens is 386 g/mol. The van der Waals surface area contributed by atoms with Crippen LogP contribution in [0.2, 0.25) is 0 Å². The van der Waals surface area contributed by atoms with E-state index in [9.17, 15) is 19.6 Å². The van der Waals surface area contributed by atoms with Gasteiger partial charge in [-0.1, -0.05) is 24.3 Å². The Balaban J connectivity index is 1.53. The second kappa shape index (κ2) is 6.42. The van der Waals surface area contributed by atoms with E-state index in [0.29, 0.717) is 29.4 Å². The van der Waals surface area contributed by atoms with Gasteiger partial charge >= 0.3 is 12.1 Å². The molecule has 4 amide bonds. The molecule has 2 aromatic rings. The van der Waals surface area contributed by atoms with Gasteiger partial charge in [0.2, 0.25) is 0 Å². The Morgan fingerprint density at radius 1 is 1.27 bits per heavy atom. The summed E-state index contributed by atoms with van der Waals surface area (Å²) in [5, 5.41) is 10.5. The zero-order chi connectivity index (χ0) is 21.2. The minimum atomic E-state index is -0.731. The van der Waals surface area contributed by atoms with E-state index in [1.54, 1.807) is 47.9 Å². The molecule has 30 heavy (non-hydrogen) atoms. The summed E-state index contributed by atoms with van der Waals surface area (Å²) in [5.41, 5.74) is 0.585. The van der Waals surface area contributed by atoms with E-state index in [4.69, 9.17) is 4.74 Å². The number of rotatable bonds is 2. The third-order valence-corrected chi connectivity index (χ3v) is 5.96. The van der Waals surface area contributed by atoms with Crippen molar-refractivity contribution in [2.24, 2.45) is 0 Å². The van der Waals surface area contributed by atoms with E-state index in [2.05, 4.69) is 4.98 Å². The van der Waals surface area contributed by atoms with Gasteiger partial charge in [-0.3, -0.25) is 4.79 Å². The van der Waals surface area contributed by atoms with E-state index >= 15 is 0 Å². The zero-order valence-corrected chi connectivity index (χ0v) is 16.5. The number of hydrogen-bond donors (Lipinski definition) is 0. The van der Waals surface area contributed by atoms with Crippen molar-refractivity contribution in [1.29, 1.82) is 5.26 Å². The number of nitrogens with zero attached hydrogens (tertiary/aromatic N) is 5. The van der Waals surface area contributed by atoms with Crippen LogP contribution in [0.3, 0.4) is 0 Å². The van der Waals surface area contributed by atoms with Crippen LogP contribution in [0.5, 0.6) is 0 Å². The lowest BCUT2D eigenvalue weighted by Crippen LogP contribution is -2.55. The number of ether oxygens (including phenoxy) is 1. The van der Waals surface area contributed by atoms with Crippen molar-refractivity contribution in [3.8, 4) is 6.07 Å². The van der Waals surface area contributed by atoms with Crippen LogP contribution in [0, 0.1) is 11.3 Å². The Kier molecular flexibility index (Phi) is 3.93. The first-order valence-electron chi connectivity index (χ1n) is 9.83. The van der Waals surface area contributed by atoms with Gasteiger partial charge in [0.25, 0.3) is 5.91 Å². The highest BCUT2D eigenvalue weighted by Crippen LogP contribution is 2.43. The van der Waals surface area contributed by atoms with Crippen LogP contribution in [0.25, 0.3) is 10.8 Å². The maximum atomic E-state index is 13.4. The summed E-state index contributed by atoms with van der Waals surface area (Å²) < 4.78 is 5.31. The molecule has 3 fully saturated rings. The number of anilines is 1. The Hall–Kier alpha value is -3.67. The molecule has 0 aliphatic carbocycles. The van der Waals surface area contributed by atoms with E-state index in [1.165, 1.54) is 6.20 Å². The monoisotopic (exact) mass is 405 g/mol. The van der Waals surface area contributed by atoms with Crippen molar-refractivity contribution in [3.05, 3.63) is 36.2 Å². The number of hydrogen-bond acceptors (Lipinski definition) is 6. The number of benzene rings is 1. The highest BCUT2D eigenvalue weighted by Gasteiger charge is 2.63. The van der Waals surface area contributed by atoms with Crippen LogP contribution in [0.1, 0.15) is 26.0 Å². The number of urea groups is 1. The smallest absolute Gasteiger partial charge is 0.410 e. The summed E-state index contributed by atoms with van der Waals surface area (Å²) in [5.74, 6) is -0.383. The molecule has 3 aliphatic rings. The van der Waals surface area contributed by atoms with E-state index in [-0.39, 0.29) is 23.7 Å². The Morgan fingerprint density at radius 2 is 2.00 bits per heavy atom. The molecule has 1 aromatic heterocycles. The SMILES string of the molecule is CC(C)OC(=O)N1C[C@H]2CC1[C@@H]1C(=O)N(c3cnc(C#N)c4ccccc34)C(=O)N21. The number of nitriles is 1. The molecule has 0 spiro atoms. The number of amides is 4. The number of fused-ring (bicyclic) bond motifs is 6. The average Bonchev–Trinajstić information content (AvgIpc) is 3.38. The molecule has 1 unspecified atom stereocenters. The summed E-state index contributed by atoms with van der Waals surface area (Å²) >= 11 is 0. The molecule has 3 saturated heterocycles. The lowest BCUT2D eigenvalue weighted by atomic mass is 10.1. The largest absolute Gasteiger partial charge is 0.447 e. The molecule has 0 saturated carbocycles. The van der Waals surface area contributed by atoms with E-state index in [0.717, 1.165) is 4.90 Å². The molecule has 9 heteroatoms. The van der Waals surface area contributed by atoms with Crippen molar-refractivity contribution < 1.29 is 19.1 Å². The Morgan fingerprint density at radius 3 is 2.70 bits per heavy atom. The standard InChI is InChI=1S/C21H19N5O4/c1-11(2)30-21(29)24-10-12-7-16(24)18-19(27)26(20(28)25(12)18)17-9-23-15(8-22)13-5-3-4-6-14(13)17/h3-6,9,11-12,16,18H,7,10H2,1-2H3/t12-,16?,18-/m1/s1. The van der Waals surface area contributed by atoms with Gasteiger partial charge in [0.15, 0.2) is 0 Å². The fraction of sp³-hybridized carbons (Fsp3) is 0.381. The minimum Gasteiger partial charge on any atom is -0.447 e. The van der Waals surface area contributed by atoms with E-state index < -0.39 is 24.2 Å². The highest BCUT2D eigenvalue weighted by atomic mass is 16.6. The van der Waals surface area contributed by atoms with Crippen molar-refractivity contribution in [2.45, 2.75) is 44.5 Å². The molecule has 152 valence electrons. The minimum absolute atomic E-state index is 0.223. The lowest BCUT2D eigenvalue weighted by Gasteiger charge is -2.34. The third-order valence-electron chi connectivity index (χ3n) is 5.96. The first kappa shape index (κ1) is 18.4. The van der Waals surface area contributed by atoms with Gasteiger partial charge in [-0.2, -0.15) is 5.26 Å². The molecular formula is C21H19N5O4. The molecule has 0 radical (unpaired) electrons. The van der Waals surface area contributed by atoms with Crippen LogP contribution in [0.15, 0.2) is 30.5 Å². The summed E-state index contributed by atoms with van der Waals surface area (Å²) in [7, 11) is 0. The van der Waals surface area contributed by atoms with Crippen molar-refractivity contribution in [2.75, 3.05) is 11.4 Å². The normalized spacial score (nSPS) is 24.7. The van der Waals surface area contributed by atoms with Gasteiger partial charge in [0.05, 0.1) is 30.1 Å². The molecule has 3 atom stereocenters. The molecule has 1 aromatic carbocycles.